The molecule has 1 fully saturated rings. The number of aromatic amines is 1. The van der Waals surface area contributed by atoms with Crippen molar-refractivity contribution in [2.24, 2.45) is 0 Å². The highest BCUT2D eigenvalue weighted by atomic mass is 32.2. The maximum atomic E-state index is 12.1. The van der Waals surface area contributed by atoms with Crippen molar-refractivity contribution in [3.63, 3.8) is 0 Å². The largest absolute Gasteiger partial charge is 0.378 e. The van der Waals surface area contributed by atoms with Crippen LogP contribution in [0.15, 0.2) is 12.3 Å². The fourth-order valence-electron chi connectivity index (χ4n) is 1.99. The van der Waals surface area contributed by atoms with Gasteiger partial charge in [-0.3, -0.25) is 5.10 Å². The van der Waals surface area contributed by atoms with Gasteiger partial charge in [0.15, 0.2) is 0 Å². The summed E-state index contributed by atoms with van der Waals surface area (Å²) >= 11 is 0. The first-order valence-corrected chi connectivity index (χ1v) is 7.32. The van der Waals surface area contributed by atoms with Gasteiger partial charge in [0.05, 0.1) is 30.7 Å². The lowest BCUT2D eigenvalue weighted by Crippen LogP contribution is -2.44. The Bertz CT molecular complexity index is 443. The molecule has 7 heteroatoms. The second-order valence-electron chi connectivity index (χ2n) is 4.03. The van der Waals surface area contributed by atoms with E-state index in [-0.39, 0.29) is 11.8 Å². The second kappa shape index (κ2) is 5.16. The molecule has 1 aliphatic rings. The number of nitrogens with one attached hydrogen (secondary N) is 1. The summed E-state index contributed by atoms with van der Waals surface area (Å²) in [4.78, 5) is 0. The molecule has 0 spiro atoms. The highest BCUT2D eigenvalue weighted by Gasteiger charge is 2.33. The molecule has 1 aliphatic heterocycles. The van der Waals surface area contributed by atoms with Crippen molar-refractivity contribution < 1.29 is 13.2 Å². The molecule has 1 N–H and O–H groups in total. The Morgan fingerprint density at radius 3 is 3.12 bits per heavy atom. The molecule has 0 saturated carbocycles. The molecule has 2 rings (SSSR count). The molecule has 6 nitrogen and oxygen atoms in total. The first-order valence-electron chi connectivity index (χ1n) is 5.71. The van der Waals surface area contributed by atoms with Gasteiger partial charge in [-0.1, -0.05) is 6.92 Å². The van der Waals surface area contributed by atoms with Gasteiger partial charge in [0, 0.05) is 12.7 Å². The molecular weight excluding hydrogens is 242 g/mol. The third-order valence-electron chi connectivity index (χ3n) is 2.78. The second-order valence-corrected chi connectivity index (χ2v) is 6.07. The number of H-pyrrole nitrogens is 1. The fraction of sp³-hybridized carbons (Fsp3) is 0.700. The van der Waals surface area contributed by atoms with Crippen molar-refractivity contribution >= 4 is 10.0 Å². The van der Waals surface area contributed by atoms with Crippen LogP contribution in [0.4, 0.5) is 0 Å². The highest BCUT2D eigenvalue weighted by molar-refractivity contribution is 7.89. The smallest absolute Gasteiger partial charge is 0.214 e. The number of nitrogens with zero attached hydrogens (tertiary/aromatic N) is 2. The third-order valence-corrected chi connectivity index (χ3v) is 4.86. The number of rotatable bonds is 4. The van der Waals surface area contributed by atoms with Gasteiger partial charge >= 0.3 is 0 Å². The van der Waals surface area contributed by atoms with Crippen LogP contribution in [0.3, 0.4) is 0 Å². The van der Waals surface area contributed by atoms with Gasteiger partial charge in [-0.05, 0) is 12.5 Å². The van der Waals surface area contributed by atoms with E-state index in [2.05, 4.69) is 10.2 Å². The number of aromatic nitrogens is 2. The van der Waals surface area contributed by atoms with Crippen molar-refractivity contribution in [3.8, 4) is 0 Å². The minimum absolute atomic E-state index is 0.178. The summed E-state index contributed by atoms with van der Waals surface area (Å²) in [6, 6.07) is 1.51. The van der Waals surface area contributed by atoms with Gasteiger partial charge in [0.25, 0.3) is 0 Å². The maximum absolute atomic E-state index is 12.1. The summed E-state index contributed by atoms with van der Waals surface area (Å²) in [6.45, 7) is 3.11. The molecule has 0 amide bonds. The van der Waals surface area contributed by atoms with Crippen LogP contribution in [-0.4, -0.2) is 48.4 Å². The number of ether oxygens (including phenoxy) is 1. The van der Waals surface area contributed by atoms with E-state index in [9.17, 15) is 8.42 Å². The zero-order valence-electron chi connectivity index (χ0n) is 9.80. The molecule has 1 aromatic rings. The van der Waals surface area contributed by atoms with E-state index >= 15 is 0 Å². The standard InChI is InChI=1S/C10H17N3O3S/c1-2-7-17(14,15)13-5-6-16-8-10(13)9-3-4-11-12-9/h3-4,10H,2,5-8H2,1H3,(H,11,12)/t10-/m0/s1. The van der Waals surface area contributed by atoms with Crippen LogP contribution in [0.5, 0.6) is 0 Å². The van der Waals surface area contributed by atoms with E-state index in [1.54, 1.807) is 12.3 Å². The number of hydrogen-bond donors (Lipinski definition) is 1. The molecule has 0 aromatic carbocycles. The summed E-state index contributed by atoms with van der Waals surface area (Å²) in [5, 5.41) is 6.67. The molecule has 1 aromatic heterocycles. The Morgan fingerprint density at radius 2 is 2.47 bits per heavy atom. The molecular formula is C10H17N3O3S. The SMILES string of the molecule is CCCS(=O)(=O)N1CCOC[C@H]1c1ccn[nH]1. The lowest BCUT2D eigenvalue weighted by atomic mass is 10.2. The molecule has 0 aliphatic carbocycles. The lowest BCUT2D eigenvalue weighted by Gasteiger charge is -2.33. The molecule has 17 heavy (non-hydrogen) atoms. The van der Waals surface area contributed by atoms with Crippen LogP contribution in [0.2, 0.25) is 0 Å². The van der Waals surface area contributed by atoms with Crippen LogP contribution in [0.25, 0.3) is 0 Å². The predicted molar refractivity (Wildman–Crippen MR) is 62.9 cm³/mol. The molecule has 2 heterocycles. The van der Waals surface area contributed by atoms with E-state index in [1.807, 2.05) is 6.92 Å². The van der Waals surface area contributed by atoms with Gasteiger partial charge in [0.2, 0.25) is 10.0 Å². The van der Waals surface area contributed by atoms with E-state index in [1.165, 1.54) is 4.31 Å². The molecule has 0 radical (unpaired) electrons. The van der Waals surface area contributed by atoms with Crippen molar-refractivity contribution in [1.82, 2.24) is 14.5 Å². The average Bonchev–Trinajstić information content (AvgIpc) is 2.82. The highest BCUT2D eigenvalue weighted by Crippen LogP contribution is 2.25. The third kappa shape index (κ3) is 2.67. The summed E-state index contributed by atoms with van der Waals surface area (Å²) in [7, 11) is -3.20. The van der Waals surface area contributed by atoms with Crippen molar-refractivity contribution in [2.75, 3.05) is 25.5 Å². The zero-order chi connectivity index (χ0) is 12.3. The Labute approximate surface area is 101 Å². The molecule has 1 atom stereocenters. The van der Waals surface area contributed by atoms with Crippen molar-refractivity contribution in [2.45, 2.75) is 19.4 Å². The fourth-order valence-corrected chi connectivity index (χ4v) is 3.66. The predicted octanol–water partition coefficient (Wildman–Crippen LogP) is 0.523. The Hall–Kier alpha value is -0.920. The van der Waals surface area contributed by atoms with Gasteiger partial charge in [-0.25, -0.2) is 8.42 Å². The van der Waals surface area contributed by atoms with Gasteiger partial charge in [-0.15, -0.1) is 0 Å². The first-order chi connectivity index (χ1) is 8.15. The normalized spacial score (nSPS) is 22.8. The molecule has 96 valence electrons. The number of morpholine rings is 1. The van der Waals surface area contributed by atoms with E-state index < -0.39 is 10.0 Å². The summed E-state index contributed by atoms with van der Waals surface area (Å²) < 4.78 is 31.1. The van der Waals surface area contributed by atoms with Crippen molar-refractivity contribution in [1.29, 1.82) is 0 Å². The number of sulfonamides is 1. The molecule has 0 unspecified atom stereocenters. The van der Waals surface area contributed by atoms with Gasteiger partial charge in [0.1, 0.15) is 0 Å². The molecule has 0 bridgehead atoms. The Balaban J connectivity index is 2.24. The minimum atomic E-state index is -3.20. The van der Waals surface area contributed by atoms with E-state index in [0.717, 1.165) is 5.69 Å². The number of hydrogen-bond acceptors (Lipinski definition) is 4. The Kier molecular flexibility index (Phi) is 3.80. The summed E-state index contributed by atoms with van der Waals surface area (Å²) in [5.74, 6) is 0.178. The first kappa shape index (κ1) is 12.5. The molecule has 1 saturated heterocycles. The average molecular weight is 259 g/mol. The lowest BCUT2D eigenvalue weighted by molar-refractivity contribution is 0.0306. The van der Waals surface area contributed by atoms with Gasteiger partial charge < -0.3 is 4.74 Å². The monoisotopic (exact) mass is 259 g/mol. The van der Waals surface area contributed by atoms with E-state index in [4.69, 9.17) is 4.74 Å². The topological polar surface area (TPSA) is 75.3 Å². The van der Waals surface area contributed by atoms with Crippen LogP contribution >= 0.6 is 0 Å². The zero-order valence-corrected chi connectivity index (χ0v) is 10.6. The van der Waals surface area contributed by atoms with Crippen LogP contribution in [0, 0.1) is 0 Å². The van der Waals surface area contributed by atoms with Crippen molar-refractivity contribution in [3.05, 3.63) is 18.0 Å². The minimum Gasteiger partial charge on any atom is -0.378 e. The summed E-state index contributed by atoms with van der Waals surface area (Å²) in [5.41, 5.74) is 0.782. The summed E-state index contributed by atoms with van der Waals surface area (Å²) in [6.07, 6.45) is 2.24. The Morgan fingerprint density at radius 1 is 1.65 bits per heavy atom. The van der Waals surface area contributed by atoms with Crippen LogP contribution < -0.4 is 0 Å². The quantitative estimate of drug-likeness (QED) is 0.855. The maximum Gasteiger partial charge on any atom is 0.214 e. The van der Waals surface area contributed by atoms with Crippen LogP contribution in [0.1, 0.15) is 25.1 Å². The van der Waals surface area contributed by atoms with Gasteiger partial charge in [-0.2, -0.15) is 9.40 Å². The van der Waals surface area contributed by atoms with E-state index in [0.29, 0.717) is 26.2 Å². The van der Waals surface area contributed by atoms with Crippen LogP contribution in [-0.2, 0) is 14.8 Å².